The van der Waals surface area contributed by atoms with Crippen molar-refractivity contribution < 1.29 is 23.9 Å². The molecule has 0 saturated carbocycles. The van der Waals surface area contributed by atoms with Gasteiger partial charge in [0, 0.05) is 29.0 Å². The quantitative estimate of drug-likeness (QED) is 0.496. The molecule has 0 radical (unpaired) electrons. The molecule has 8 nitrogen and oxygen atoms in total. The predicted molar refractivity (Wildman–Crippen MR) is 95.1 cm³/mol. The van der Waals surface area contributed by atoms with Gasteiger partial charge in [0.25, 0.3) is 23.6 Å². The molecule has 1 unspecified atom stereocenters. The molecule has 2 heterocycles. The molecular formula is C19H17N3O5. The van der Waals surface area contributed by atoms with Crippen LogP contribution in [0.2, 0.25) is 0 Å². The first-order valence-electron chi connectivity index (χ1n) is 8.52. The second kappa shape index (κ2) is 5.97. The van der Waals surface area contributed by atoms with E-state index in [2.05, 4.69) is 0 Å². The first-order chi connectivity index (χ1) is 12.9. The Balaban J connectivity index is 2.01. The van der Waals surface area contributed by atoms with Gasteiger partial charge in [-0.05, 0) is 30.7 Å². The van der Waals surface area contributed by atoms with E-state index in [0.29, 0.717) is 22.2 Å². The minimum absolute atomic E-state index is 0.200. The normalized spacial score (nSPS) is 17.1. The molecule has 0 bridgehead atoms. The Kier molecular flexibility index (Phi) is 3.83. The Morgan fingerprint density at radius 3 is 1.63 bits per heavy atom. The van der Waals surface area contributed by atoms with Gasteiger partial charge in [-0.3, -0.25) is 24.1 Å². The lowest BCUT2D eigenvalue weighted by molar-refractivity contribution is 0.0420. The number of carbonyl (C=O) groups excluding carboxylic acids is 4. The van der Waals surface area contributed by atoms with Crippen LogP contribution in [-0.2, 0) is 4.74 Å². The molecule has 27 heavy (non-hydrogen) atoms. The highest BCUT2D eigenvalue weighted by Crippen LogP contribution is 2.37. The molecule has 0 fully saturated rings. The third kappa shape index (κ3) is 2.17. The highest BCUT2D eigenvalue weighted by Gasteiger charge is 2.40. The molecule has 4 rings (SSSR count). The molecule has 2 aliphatic rings. The first-order valence-corrected chi connectivity index (χ1v) is 8.52. The minimum Gasteiger partial charge on any atom is -0.383 e. The van der Waals surface area contributed by atoms with Gasteiger partial charge >= 0.3 is 0 Å². The maximum atomic E-state index is 13.1. The lowest BCUT2D eigenvalue weighted by Gasteiger charge is -2.34. The van der Waals surface area contributed by atoms with Crippen molar-refractivity contribution in [3.8, 4) is 0 Å². The summed E-state index contributed by atoms with van der Waals surface area (Å²) in [5, 5.41) is 1.19. The third-order valence-corrected chi connectivity index (χ3v) is 5.15. The van der Waals surface area contributed by atoms with E-state index in [1.807, 2.05) is 6.92 Å². The summed E-state index contributed by atoms with van der Waals surface area (Å²) < 4.78 is 5.16. The number of hydrogen-bond acceptors (Lipinski definition) is 6. The summed E-state index contributed by atoms with van der Waals surface area (Å²) in [6, 6.07) is 5.56. The molecule has 1 atom stereocenters. The Morgan fingerprint density at radius 1 is 0.852 bits per heavy atom. The number of benzene rings is 2. The van der Waals surface area contributed by atoms with Crippen molar-refractivity contribution in [2.24, 2.45) is 5.84 Å². The summed E-state index contributed by atoms with van der Waals surface area (Å²) in [5.74, 6) is 3.33. The lowest BCUT2D eigenvalue weighted by Crippen LogP contribution is -2.49. The molecule has 0 aliphatic carbocycles. The fourth-order valence-corrected chi connectivity index (χ4v) is 3.81. The van der Waals surface area contributed by atoms with Crippen LogP contribution in [0.15, 0.2) is 24.3 Å². The predicted octanol–water partition coefficient (Wildman–Crippen LogP) is 1.33. The van der Waals surface area contributed by atoms with Crippen LogP contribution >= 0.6 is 0 Å². The van der Waals surface area contributed by atoms with Gasteiger partial charge in [-0.25, -0.2) is 10.9 Å². The molecule has 0 spiro atoms. The van der Waals surface area contributed by atoms with Crippen LogP contribution in [-0.4, -0.2) is 53.3 Å². The van der Waals surface area contributed by atoms with Crippen molar-refractivity contribution >= 4 is 34.4 Å². The van der Waals surface area contributed by atoms with Crippen LogP contribution in [0, 0.1) is 0 Å². The molecule has 138 valence electrons. The van der Waals surface area contributed by atoms with Gasteiger partial charge in [0.15, 0.2) is 0 Å². The summed E-state index contributed by atoms with van der Waals surface area (Å²) in [7, 11) is 1.51. The molecule has 2 aromatic rings. The summed E-state index contributed by atoms with van der Waals surface area (Å²) in [4.78, 5) is 52.2. The lowest BCUT2D eigenvalue weighted by atomic mass is 9.86. The summed E-state index contributed by atoms with van der Waals surface area (Å²) in [6.07, 6.45) is 0.541. The standard InChI is InChI=1S/C19H17N3O5/c1-3-9(8-27-2)21-16(23)10-4-6-12-15-13(19(26)22(20)18(12)25)7-5-11(14(10)15)17(21)24/h4-7,9H,3,8,20H2,1-2H3. The van der Waals surface area contributed by atoms with Gasteiger partial charge < -0.3 is 4.74 Å². The fourth-order valence-electron chi connectivity index (χ4n) is 3.81. The Hall–Kier alpha value is -3.10. The molecular weight excluding hydrogens is 350 g/mol. The van der Waals surface area contributed by atoms with Crippen molar-refractivity contribution in [2.45, 2.75) is 19.4 Å². The zero-order valence-corrected chi connectivity index (χ0v) is 14.8. The Morgan fingerprint density at radius 2 is 1.26 bits per heavy atom. The molecule has 4 amide bonds. The highest BCUT2D eigenvalue weighted by atomic mass is 16.5. The SMILES string of the molecule is CCC(COC)N1C(=O)c2ccc3c4c(ccc(c24)C1=O)C(=O)N(N)C3=O. The Labute approximate surface area is 154 Å². The zero-order valence-electron chi connectivity index (χ0n) is 14.8. The molecule has 2 aromatic carbocycles. The fraction of sp³-hybridized carbons (Fsp3) is 0.263. The van der Waals surface area contributed by atoms with E-state index >= 15 is 0 Å². The van der Waals surface area contributed by atoms with Crippen molar-refractivity contribution in [1.82, 2.24) is 9.91 Å². The zero-order chi connectivity index (χ0) is 19.5. The van der Waals surface area contributed by atoms with Gasteiger partial charge in [-0.1, -0.05) is 6.92 Å². The largest absolute Gasteiger partial charge is 0.383 e. The van der Waals surface area contributed by atoms with E-state index in [0.717, 1.165) is 0 Å². The summed E-state index contributed by atoms with van der Waals surface area (Å²) >= 11 is 0. The van der Waals surface area contributed by atoms with Crippen molar-refractivity contribution in [1.29, 1.82) is 0 Å². The smallest absolute Gasteiger partial charge is 0.275 e. The van der Waals surface area contributed by atoms with E-state index in [9.17, 15) is 19.2 Å². The van der Waals surface area contributed by atoms with Crippen molar-refractivity contribution in [3.63, 3.8) is 0 Å². The molecule has 2 aliphatic heterocycles. The number of rotatable bonds is 4. The third-order valence-electron chi connectivity index (χ3n) is 5.15. The van der Waals surface area contributed by atoms with E-state index in [4.69, 9.17) is 10.6 Å². The second-order valence-electron chi connectivity index (χ2n) is 6.55. The first kappa shape index (κ1) is 17.3. The minimum atomic E-state index is -0.663. The van der Waals surface area contributed by atoms with E-state index < -0.39 is 29.7 Å². The topological polar surface area (TPSA) is 110 Å². The van der Waals surface area contributed by atoms with E-state index in [1.165, 1.54) is 36.3 Å². The average Bonchev–Trinajstić information content (AvgIpc) is 2.68. The van der Waals surface area contributed by atoms with Crippen LogP contribution in [0.4, 0.5) is 0 Å². The maximum absolute atomic E-state index is 13.1. The second-order valence-corrected chi connectivity index (χ2v) is 6.55. The van der Waals surface area contributed by atoms with E-state index in [-0.39, 0.29) is 28.9 Å². The van der Waals surface area contributed by atoms with E-state index in [1.54, 1.807) is 0 Å². The molecule has 0 aromatic heterocycles. The molecule has 2 N–H and O–H groups in total. The number of nitrogens with zero attached hydrogens (tertiary/aromatic N) is 2. The monoisotopic (exact) mass is 367 g/mol. The summed E-state index contributed by atoms with van der Waals surface area (Å²) in [5.41, 5.74) is 0.966. The van der Waals surface area contributed by atoms with Gasteiger partial charge in [-0.2, -0.15) is 0 Å². The number of imide groups is 2. The molecule has 0 saturated heterocycles. The van der Waals surface area contributed by atoms with Crippen LogP contribution in [0.5, 0.6) is 0 Å². The van der Waals surface area contributed by atoms with Gasteiger partial charge in [0.05, 0.1) is 23.8 Å². The van der Waals surface area contributed by atoms with Gasteiger partial charge in [0.1, 0.15) is 0 Å². The van der Waals surface area contributed by atoms with Crippen molar-refractivity contribution in [2.75, 3.05) is 13.7 Å². The van der Waals surface area contributed by atoms with Crippen molar-refractivity contribution in [3.05, 3.63) is 46.5 Å². The highest BCUT2D eigenvalue weighted by molar-refractivity contribution is 6.33. The average molecular weight is 367 g/mol. The molecule has 8 heteroatoms. The maximum Gasteiger partial charge on any atom is 0.275 e. The number of hydrogen-bond donors (Lipinski definition) is 1. The van der Waals surface area contributed by atoms with Gasteiger partial charge in [0.2, 0.25) is 0 Å². The number of hydrazine groups is 1. The van der Waals surface area contributed by atoms with Crippen LogP contribution < -0.4 is 5.84 Å². The van der Waals surface area contributed by atoms with Crippen LogP contribution in [0.25, 0.3) is 10.8 Å². The number of amides is 4. The van der Waals surface area contributed by atoms with Crippen LogP contribution in [0.3, 0.4) is 0 Å². The number of methoxy groups -OCH3 is 1. The number of carbonyl (C=O) groups is 4. The summed E-state index contributed by atoms with van der Waals surface area (Å²) in [6.45, 7) is 2.09. The van der Waals surface area contributed by atoms with Gasteiger partial charge in [-0.15, -0.1) is 0 Å². The number of ether oxygens (including phenoxy) is 1. The Bertz CT molecular complexity index is 975. The number of nitrogens with two attached hydrogens (primary N) is 1. The van der Waals surface area contributed by atoms with Crippen LogP contribution in [0.1, 0.15) is 54.8 Å².